The number of aromatic nitrogens is 2. The number of carbonyl (C=O) groups is 2. The number of alkyl halides is 6. The number of Topliss-reactive ketones (excluding diaryl/α,β-unsaturated/α-hetero) is 1. The normalized spacial score (nSPS) is 12.7. The number of rotatable bonds is 11. The van der Waals surface area contributed by atoms with E-state index in [1.54, 1.807) is 0 Å². The van der Waals surface area contributed by atoms with Crippen LogP contribution >= 0.6 is 0 Å². The van der Waals surface area contributed by atoms with Crippen LogP contribution in [0.3, 0.4) is 0 Å². The topological polar surface area (TPSA) is 104 Å². The summed E-state index contributed by atoms with van der Waals surface area (Å²) in [6.07, 6.45) is -7.59. The number of benzene rings is 2. The summed E-state index contributed by atoms with van der Waals surface area (Å²) in [6.45, 7) is 4.54. The van der Waals surface area contributed by atoms with E-state index in [0.717, 1.165) is 6.20 Å². The maximum Gasteiger partial charge on any atom is 0.454 e. The average molecular weight is 601 g/mol. The fraction of sp³-hybridized carbons (Fsp3) is 0.393. The number of carbonyl (C=O) groups excluding carboxylic acids is 1. The number of hydrogen-bond acceptors (Lipinski definition) is 6. The Kier molecular flexibility index (Phi) is 8.20. The Balaban J connectivity index is 1.57. The van der Waals surface area contributed by atoms with Crippen LogP contribution in [0.15, 0.2) is 41.1 Å². The van der Waals surface area contributed by atoms with Crippen molar-refractivity contribution in [3.8, 4) is 11.5 Å². The summed E-state index contributed by atoms with van der Waals surface area (Å²) < 4.78 is 97.6. The molecule has 42 heavy (non-hydrogen) atoms. The van der Waals surface area contributed by atoms with Gasteiger partial charge < -0.3 is 23.7 Å². The smallest absolute Gasteiger partial charge is 0.454 e. The summed E-state index contributed by atoms with van der Waals surface area (Å²) in [5, 5.41) is 12.2. The molecule has 1 N–H and O–H groups in total. The molecule has 2 aromatic carbocycles. The lowest BCUT2D eigenvalue weighted by Crippen LogP contribution is -2.37. The molecule has 14 heteroatoms. The van der Waals surface area contributed by atoms with E-state index in [0.29, 0.717) is 24.2 Å². The average Bonchev–Trinajstić information content (AvgIpc) is 3.48. The van der Waals surface area contributed by atoms with Gasteiger partial charge in [0.25, 0.3) is 5.78 Å². The van der Waals surface area contributed by atoms with Crippen molar-refractivity contribution in [3.05, 3.63) is 53.3 Å². The molecule has 0 aliphatic heterocycles. The van der Waals surface area contributed by atoms with Crippen molar-refractivity contribution < 1.29 is 55.0 Å². The summed E-state index contributed by atoms with van der Waals surface area (Å²) in [4.78, 5) is 23.6. The Morgan fingerprint density at radius 1 is 1.05 bits per heavy atom. The van der Waals surface area contributed by atoms with Crippen LogP contribution in [0.5, 0.6) is 11.5 Å². The first-order valence-corrected chi connectivity index (χ1v) is 12.8. The molecule has 0 fully saturated rings. The molecule has 0 bridgehead atoms. The molecule has 0 aliphatic carbocycles. The lowest BCUT2D eigenvalue weighted by molar-refractivity contribution is -0.152. The third-order valence-electron chi connectivity index (χ3n) is 6.51. The molecular weight excluding hydrogens is 574 g/mol. The minimum atomic E-state index is -5.15. The monoisotopic (exact) mass is 600 g/mol. The lowest BCUT2D eigenvalue weighted by atomic mass is 10.0. The minimum absolute atomic E-state index is 0.0301. The second-order valence-corrected chi connectivity index (χ2v) is 10.1. The maximum atomic E-state index is 13.4. The van der Waals surface area contributed by atoms with Crippen LogP contribution in [0.25, 0.3) is 21.9 Å². The summed E-state index contributed by atoms with van der Waals surface area (Å²) in [5.41, 5.74) is -2.78. The van der Waals surface area contributed by atoms with Crippen LogP contribution in [0.2, 0.25) is 0 Å². The van der Waals surface area contributed by atoms with E-state index in [1.807, 2.05) is 6.92 Å². The fourth-order valence-corrected chi connectivity index (χ4v) is 4.48. The quantitative estimate of drug-likeness (QED) is 0.110. The molecule has 4 rings (SSSR count). The molecule has 0 aliphatic rings. The van der Waals surface area contributed by atoms with Gasteiger partial charge in [-0.05, 0) is 57.0 Å². The standard InChI is InChI=1S/C28H26F6N2O6/c1-4-6-16-21(10-8-17-22(16)42-35-23(17)27(29,30)31)40-12-5-11-36-14-19(24(37)28(32,33)34)18-13-15(7-9-20(18)36)41-26(2,3)25(38)39/h7-10,13-14H,4-6,11-12H2,1-3H3,(H,38,39). The van der Waals surface area contributed by atoms with E-state index >= 15 is 0 Å². The number of carboxylic acid groups (broad SMARTS) is 1. The SMILES string of the molecule is CCCc1c(OCCCn2cc(C(=O)C(F)(F)F)c3cc(OC(C)(C)C(=O)O)ccc32)ccc2c(C(F)(F)F)noc12. The van der Waals surface area contributed by atoms with E-state index in [2.05, 4.69) is 5.16 Å². The lowest BCUT2D eigenvalue weighted by Gasteiger charge is -2.21. The van der Waals surface area contributed by atoms with Gasteiger partial charge in [0.05, 0.1) is 17.6 Å². The van der Waals surface area contributed by atoms with Gasteiger partial charge in [-0.25, -0.2) is 4.79 Å². The largest absolute Gasteiger partial charge is 0.493 e. The summed E-state index contributed by atoms with van der Waals surface area (Å²) in [6, 6.07) is 6.60. The van der Waals surface area contributed by atoms with Crippen molar-refractivity contribution in [1.82, 2.24) is 9.72 Å². The number of hydrogen-bond donors (Lipinski definition) is 1. The molecule has 0 spiro atoms. The third-order valence-corrected chi connectivity index (χ3v) is 6.51. The molecule has 0 saturated carbocycles. The molecule has 0 saturated heterocycles. The van der Waals surface area contributed by atoms with E-state index < -0.39 is 41.0 Å². The van der Waals surface area contributed by atoms with Crippen molar-refractivity contribution in [2.24, 2.45) is 0 Å². The number of halogens is 6. The van der Waals surface area contributed by atoms with Crippen LogP contribution in [0.1, 0.15) is 55.2 Å². The number of nitrogens with zero attached hydrogens (tertiary/aromatic N) is 2. The zero-order valence-corrected chi connectivity index (χ0v) is 22.7. The van der Waals surface area contributed by atoms with E-state index in [-0.39, 0.29) is 47.2 Å². The molecular formula is C28H26F6N2O6. The second-order valence-electron chi connectivity index (χ2n) is 10.1. The van der Waals surface area contributed by atoms with Crippen LogP contribution < -0.4 is 9.47 Å². The van der Waals surface area contributed by atoms with Gasteiger partial charge in [0.1, 0.15) is 11.5 Å². The highest BCUT2D eigenvalue weighted by atomic mass is 19.4. The summed E-state index contributed by atoms with van der Waals surface area (Å²) in [7, 11) is 0. The van der Waals surface area contributed by atoms with Crippen molar-refractivity contribution >= 4 is 33.6 Å². The van der Waals surface area contributed by atoms with E-state index in [1.165, 1.54) is 48.7 Å². The number of ketones is 1. The highest BCUT2D eigenvalue weighted by molar-refractivity contribution is 6.11. The molecule has 8 nitrogen and oxygen atoms in total. The highest BCUT2D eigenvalue weighted by Crippen LogP contribution is 2.38. The van der Waals surface area contributed by atoms with Gasteiger partial charge in [0.2, 0.25) is 0 Å². The zero-order valence-electron chi connectivity index (χ0n) is 22.7. The van der Waals surface area contributed by atoms with Crippen molar-refractivity contribution in [2.45, 2.75) is 64.5 Å². The van der Waals surface area contributed by atoms with Crippen LogP contribution in [0.4, 0.5) is 26.3 Å². The predicted molar refractivity (Wildman–Crippen MR) is 138 cm³/mol. The Morgan fingerprint density at radius 3 is 2.38 bits per heavy atom. The fourth-order valence-electron chi connectivity index (χ4n) is 4.48. The van der Waals surface area contributed by atoms with Gasteiger partial charge in [-0.15, -0.1) is 0 Å². The predicted octanol–water partition coefficient (Wildman–Crippen LogP) is 7.21. The maximum absolute atomic E-state index is 13.4. The van der Waals surface area contributed by atoms with E-state index in [4.69, 9.17) is 14.0 Å². The molecule has 0 unspecified atom stereocenters. The van der Waals surface area contributed by atoms with Gasteiger partial charge in [0, 0.05) is 29.2 Å². The first-order valence-electron chi connectivity index (χ1n) is 12.8. The number of aryl methyl sites for hydroxylation is 2. The number of carboxylic acids is 1. The van der Waals surface area contributed by atoms with Gasteiger partial charge in [-0.2, -0.15) is 26.3 Å². The molecule has 0 atom stereocenters. The Morgan fingerprint density at radius 2 is 1.76 bits per heavy atom. The highest BCUT2D eigenvalue weighted by Gasteiger charge is 2.41. The zero-order chi connectivity index (χ0) is 31.0. The van der Waals surface area contributed by atoms with Gasteiger partial charge in [0.15, 0.2) is 16.9 Å². The molecule has 2 aromatic heterocycles. The molecule has 0 radical (unpaired) electrons. The van der Waals surface area contributed by atoms with Crippen LogP contribution in [-0.4, -0.2) is 45.0 Å². The third kappa shape index (κ3) is 6.16. The number of aliphatic carboxylic acids is 1. The van der Waals surface area contributed by atoms with Gasteiger partial charge >= 0.3 is 18.3 Å². The molecule has 0 amide bonds. The Labute approximate surface area is 234 Å². The van der Waals surface area contributed by atoms with Crippen LogP contribution in [0, 0.1) is 0 Å². The molecule has 226 valence electrons. The number of ether oxygens (including phenoxy) is 2. The first kappa shape index (κ1) is 30.7. The Bertz CT molecular complexity index is 1630. The van der Waals surface area contributed by atoms with Gasteiger partial charge in [-0.1, -0.05) is 18.5 Å². The van der Waals surface area contributed by atoms with Crippen molar-refractivity contribution in [2.75, 3.05) is 6.61 Å². The minimum Gasteiger partial charge on any atom is -0.493 e. The molecule has 2 heterocycles. The molecule has 4 aromatic rings. The second kappa shape index (κ2) is 11.2. The van der Waals surface area contributed by atoms with Crippen molar-refractivity contribution in [1.29, 1.82) is 0 Å². The first-order chi connectivity index (χ1) is 19.5. The summed E-state index contributed by atoms with van der Waals surface area (Å²) in [5.74, 6) is -3.11. The number of fused-ring (bicyclic) bond motifs is 2. The van der Waals surface area contributed by atoms with Gasteiger partial charge in [-0.3, -0.25) is 4.79 Å². The van der Waals surface area contributed by atoms with Crippen LogP contribution in [-0.2, 0) is 23.9 Å². The Hall–Kier alpha value is -4.23. The van der Waals surface area contributed by atoms with E-state index in [9.17, 15) is 41.0 Å². The van der Waals surface area contributed by atoms with Crippen molar-refractivity contribution in [3.63, 3.8) is 0 Å². The summed E-state index contributed by atoms with van der Waals surface area (Å²) >= 11 is 0.